The molecule has 1 aromatic carbocycles. The molecule has 3 aliphatic heterocycles. The van der Waals surface area contributed by atoms with Gasteiger partial charge < -0.3 is 25.1 Å². The summed E-state index contributed by atoms with van der Waals surface area (Å²) in [5, 5.41) is 14.4. The van der Waals surface area contributed by atoms with Crippen LogP contribution in [-0.4, -0.2) is 76.2 Å². The zero-order chi connectivity index (χ0) is 25.4. The van der Waals surface area contributed by atoms with Crippen LogP contribution in [0.25, 0.3) is 0 Å². The number of urea groups is 1. The molecule has 0 saturated carbocycles. The highest BCUT2D eigenvalue weighted by molar-refractivity contribution is 7.17. The summed E-state index contributed by atoms with van der Waals surface area (Å²) in [5.41, 5.74) is 2.09. The maximum atomic E-state index is 13.4. The molecule has 1 aromatic heterocycles. The second-order valence-electron chi connectivity index (χ2n) is 10.9. The molecule has 0 bridgehead atoms. The van der Waals surface area contributed by atoms with Crippen molar-refractivity contribution in [3.63, 3.8) is 0 Å². The summed E-state index contributed by atoms with van der Waals surface area (Å²) in [6.45, 7) is 9.24. The van der Waals surface area contributed by atoms with Gasteiger partial charge in [-0.3, -0.25) is 4.79 Å². The number of likely N-dealkylation sites (tertiary alicyclic amines) is 1. The first-order valence-corrected chi connectivity index (χ1v) is 13.9. The lowest BCUT2D eigenvalue weighted by molar-refractivity contribution is -0.0145. The van der Waals surface area contributed by atoms with Gasteiger partial charge in [-0.1, -0.05) is 29.5 Å². The first-order chi connectivity index (χ1) is 17.2. The number of carbonyl (C=O) groups excluding carboxylic acids is 2. The van der Waals surface area contributed by atoms with Crippen molar-refractivity contribution < 1.29 is 14.7 Å². The number of aryl methyl sites for hydroxylation is 1. The van der Waals surface area contributed by atoms with Crippen molar-refractivity contribution in [2.24, 2.45) is 5.92 Å². The average Bonchev–Trinajstić information content (AvgIpc) is 3.17. The summed E-state index contributed by atoms with van der Waals surface area (Å²) >= 11 is 1.48. The van der Waals surface area contributed by atoms with E-state index in [-0.39, 0.29) is 23.9 Å². The highest BCUT2D eigenvalue weighted by atomic mass is 32.1. The third-order valence-electron chi connectivity index (χ3n) is 8.00. The number of thiazole rings is 1. The first kappa shape index (κ1) is 25.0. The fourth-order valence-electron chi connectivity index (χ4n) is 5.70. The maximum Gasteiger partial charge on any atom is 0.322 e. The Bertz CT molecular complexity index is 1120. The molecule has 36 heavy (non-hydrogen) atoms. The predicted octanol–water partition coefficient (Wildman–Crippen LogP) is 4.13. The highest BCUT2D eigenvalue weighted by Gasteiger charge is 2.35. The van der Waals surface area contributed by atoms with Crippen molar-refractivity contribution >= 4 is 34.1 Å². The molecule has 5 rings (SSSR count). The molecule has 2 aromatic rings. The number of nitrogens with zero attached hydrogens (tertiary/aromatic N) is 4. The van der Waals surface area contributed by atoms with Crippen LogP contribution in [0.4, 0.5) is 15.6 Å². The zero-order valence-corrected chi connectivity index (χ0v) is 22.3. The molecule has 0 spiro atoms. The Morgan fingerprint density at radius 2 is 1.89 bits per heavy atom. The molecule has 2 fully saturated rings. The third-order valence-corrected chi connectivity index (χ3v) is 9.21. The van der Waals surface area contributed by atoms with E-state index in [1.807, 2.05) is 48.8 Å². The molecule has 9 heteroatoms. The van der Waals surface area contributed by atoms with Crippen molar-refractivity contribution in [1.82, 2.24) is 14.8 Å². The van der Waals surface area contributed by atoms with E-state index in [0.29, 0.717) is 11.4 Å². The summed E-state index contributed by atoms with van der Waals surface area (Å²) in [7, 11) is 0. The SMILES string of the molecule is Cc1nc(N2CCC(N3CCc4ccccc4NC3=O)CC2)sc1C(=O)N1CCCC(C(C)(C)O)C1. The summed E-state index contributed by atoms with van der Waals surface area (Å²) in [4.78, 5) is 37.9. The standard InChI is InChI=1S/C27H37N5O3S/c1-18-23(24(33)31-13-6-8-20(17-31)27(2,3)35)36-26(28-18)30-14-11-21(12-15-30)32-16-10-19-7-4-5-9-22(19)29-25(32)34/h4-5,7,9,20-21,35H,6,8,10-17H2,1-3H3,(H,29,34). The number of fused-ring (bicyclic) bond motifs is 1. The summed E-state index contributed by atoms with van der Waals surface area (Å²) in [6, 6.07) is 8.22. The van der Waals surface area contributed by atoms with Crippen molar-refractivity contribution in [3.05, 3.63) is 40.4 Å². The van der Waals surface area contributed by atoms with Gasteiger partial charge in [-0.15, -0.1) is 0 Å². The summed E-state index contributed by atoms with van der Waals surface area (Å²) in [5.74, 6) is 0.117. The minimum atomic E-state index is -0.787. The first-order valence-electron chi connectivity index (χ1n) is 13.1. The third kappa shape index (κ3) is 5.09. The lowest BCUT2D eigenvalue weighted by Crippen LogP contribution is -2.48. The quantitative estimate of drug-likeness (QED) is 0.644. The van der Waals surface area contributed by atoms with Gasteiger partial charge in [0.2, 0.25) is 0 Å². The van der Waals surface area contributed by atoms with Crippen LogP contribution < -0.4 is 10.2 Å². The molecule has 4 heterocycles. The molecular weight excluding hydrogens is 474 g/mol. The fourth-order valence-corrected chi connectivity index (χ4v) is 6.79. The van der Waals surface area contributed by atoms with Gasteiger partial charge in [0, 0.05) is 50.4 Å². The van der Waals surface area contributed by atoms with Crippen LogP contribution in [0.15, 0.2) is 24.3 Å². The number of aliphatic hydroxyl groups is 1. The second kappa shape index (κ2) is 10.0. The minimum absolute atomic E-state index is 0.0118. The Kier molecular flexibility index (Phi) is 6.96. The van der Waals surface area contributed by atoms with Gasteiger partial charge in [-0.2, -0.15) is 0 Å². The van der Waals surface area contributed by atoms with Crippen LogP contribution >= 0.6 is 11.3 Å². The molecule has 0 aliphatic carbocycles. The Labute approximate surface area is 217 Å². The number of hydrogen-bond acceptors (Lipinski definition) is 6. The molecule has 8 nitrogen and oxygen atoms in total. The van der Waals surface area contributed by atoms with Gasteiger partial charge in [-0.05, 0) is 64.5 Å². The van der Waals surface area contributed by atoms with Crippen LogP contribution in [0.5, 0.6) is 0 Å². The Morgan fingerprint density at radius 3 is 2.64 bits per heavy atom. The van der Waals surface area contributed by atoms with E-state index in [2.05, 4.69) is 16.3 Å². The molecule has 3 aliphatic rings. The van der Waals surface area contributed by atoms with Gasteiger partial charge in [0.05, 0.1) is 11.3 Å². The predicted molar refractivity (Wildman–Crippen MR) is 143 cm³/mol. The summed E-state index contributed by atoms with van der Waals surface area (Å²) in [6.07, 6.45) is 4.47. The van der Waals surface area contributed by atoms with E-state index < -0.39 is 5.60 Å². The van der Waals surface area contributed by atoms with Crippen molar-refractivity contribution in [2.75, 3.05) is 42.9 Å². The molecule has 194 valence electrons. The fraction of sp³-hybridized carbons (Fsp3) is 0.593. The van der Waals surface area contributed by atoms with E-state index in [1.165, 1.54) is 16.9 Å². The van der Waals surface area contributed by atoms with Crippen LogP contribution in [-0.2, 0) is 6.42 Å². The van der Waals surface area contributed by atoms with E-state index in [4.69, 9.17) is 4.98 Å². The lowest BCUT2D eigenvalue weighted by Gasteiger charge is -2.38. The van der Waals surface area contributed by atoms with E-state index in [0.717, 1.165) is 74.8 Å². The number of aromatic nitrogens is 1. The number of rotatable bonds is 4. The lowest BCUT2D eigenvalue weighted by atomic mass is 9.84. The van der Waals surface area contributed by atoms with Gasteiger partial charge >= 0.3 is 6.03 Å². The largest absolute Gasteiger partial charge is 0.390 e. The number of nitrogens with one attached hydrogen (secondary N) is 1. The smallest absolute Gasteiger partial charge is 0.322 e. The van der Waals surface area contributed by atoms with Crippen LogP contribution in [0.3, 0.4) is 0 Å². The summed E-state index contributed by atoms with van der Waals surface area (Å²) < 4.78 is 0. The van der Waals surface area contributed by atoms with Crippen molar-refractivity contribution in [3.8, 4) is 0 Å². The number of benzene rings is 1. The number of para-hydroxylation sites is 1. The second-order valence-corrected chi connectivity index (χ2v) is 11.9. The molecule has 1 atom stereocenters. The molecule has 1 unspecified atom stereocenters. The zero-order valence-electron chi connectivity index (χ0n) is 21.5. The van der Waals surface area contributed by atoms with Crippen molar-refractivity contribution in [1.29, 1.82) is 0 Å². The van der Waals surface area contributed by atoms with Gasteiger partial charge in [0.1, 0.15) is 4.88 Å². The number of anilines is 2. The van der Waals surface area contributed by atoms with Crippen molar-refractivity contribution in [2.45, 2.75) is 64.5 Å². The Morgan fingerprint density at radius 1 is 1.14 bits per heavy atom. The van der Waals surface area contributed by atoms with Crippen LogP contribution in [0, 0.1) is 12.8 Å². The maximum absolute atomic E-state index is 13.4. The number of amides is 3. The van der Waals surface area contributed by atoms with Crippen LogP contribution in [0.1, 0.15) is 60.5 Å². The number of carbonyl (C=O) groups is 2. The minimum Gasteiger partial charge on any atom is -0.390 e. The highest BCUT2D eigenvalue weighted by Crippen LogP contribution is 2.33. The molecule has 2 N–H and O–H groups in total. The van der Waals surface area contributed by atoms with E-state index in [1.54, 1.807) is 0 Å². The molecule has 3 amide bonds. The monoisotopic (exact) mass is 511 g/mol. The Balaban J connectivity index is 1.21. The normalized spacial score (nSPS) is 21.7. The van der Waals surface area contributed by atoms with E-state index in [9.17, 15) is 14.7 Å². The van der Waals surface area contributed by atoms with E-state index >= 15 is 0 Å². The van der Waals surface area contributed by atoms with Gasteiger partial charge in [0.15, 0.2) is 5.13 Å². The number of piperidine rings is 2. The van der Waals surface area contributed by atoms with Gasteiger partial charge in [0.25, 0.3) is 5.91 Å². The van der Waals surface area contributed by atoms with Crippen LogP contribution in [0.2, 0.25) is 0 Å². The average molecular weight is 512 g/mol. The Hall–Kier alpha value is -2.65. The molecule has 2 saturated heterocycles. The number of hydrogen-bond donors (Lipinski definition) is 2. The molecule has 0 radical (unpaired) electrons. The topological polar surface area (TPSA) is 89.0 Å². The molecular formula is C27H37N5O3S. The van der Waals surface area contributed by atoms with Gasteiger partial charge in [-0.25, -0.2) is 9.78 Å².